The Balaban J connectivity index is 1.47. The molecular weight excluding hydrogens is 372 g/mol. The average molecular weight is 385 g/mol. The van der Waals surface area contributed by atoms with Gasteiger partial charge in [0.05, 0.1) is 21.3 Å². The molecular formula is C14H13ClN4O3S2. The highest BCUT2D eigenvalue weighted by molar-refractivity contribution is 7.23. The van der Waals surface area contributed by atoms with E-state index in [9.17, 15) is 14.4 Å². The summed E-state index contributed by atoms with van der Waals surface area (Å²) in [5.41, 5.74) is 4.87. The summed E-state index contributed by atoms with van der Waals surface area (Å²) in [6.45, 7) is 0. The predicted octanol–water partition coefficient (Wildman–Crippen LogP) is 1.49. The molecule has 0 bridgehead atoms. The van der Waals surface area contributed by atoms with Crippen LogP contribution in [0.3, 0.4) is 0 Å². The topological polar surface area (TPSA) is 100 Å². The maximum Gasteiger partial charge on any atom is 0.327 e. The SMILES string of the molecule is O=C(Cc1csc(-c2ccc(Cl)s2)n1)NNC(=O)C(=O)NC1CC1. The van der Waals surface area contributed by atoms with Crippen LogP contribution in [0.15, 0.2) is 17.5 Å². The second-order valence-electron chi connectivity index (χ2n) is 5.17. The average Bonchev–Trinajstić information content (AvgIpc) is 3.06. The number of hydrazine groups is 1. The Hall–Kier alpha value is -1.97. The molecule has 3 N–H and O–H groups in total. The molecule has 3 amide bonds. The highest BCUT2D eigenvalue weighted by Gasteiger charge is 2.26. The Morgan fingerprint density at radius 2 is 2.00 bits per heavy atom. The third-order valence-corrected chi connectivity index (χ3v) is 5.40. The number of rotatable bonds is 4. The molecule has 1 fully saturated rings. The summed E-state index contributed by atoms with van der Waals surface area (Å²) in [7, 11) is 0. The quantitative estimate of drug-likeness (QED) is 0.549. The smallest absolute Gasteiger partial charge is 0.327 e. The number of carbonyl (C=O) groups is 3. The fraction of sp³-hybridized carbons (Fsp3) is 0.286. The number of amides is 3. The molecule has 1 saturated carbocycles. The van der Waals surface area contributed by atoms with Crippen LogP contribution in [0, 0.1) is 0 Å². The van der Waals surface area contributed by atoms with Crippen molar-refractivity contribution in [1.29, 1.82) is 0 Å². The van der Waals surface area contributed by atoms with Gasteiger partial charge in [0.1, 0.15) is 5.01 Å². The molecule has 3 rings (SSSR count). The van der Waals surface area contributed by atoms with Crippen molar-refractivity contribution in [1.82, 2.24) is 21.2 Å². The molecule has 0 atom stereocenters. The van der Waals surface area contributed by atoms with Gasteiger partial charge in [-0.3, -0.25) is 25.2 Å². The molecule has 1 aliphatic rings. The lowest BCUT2D eigenvalue weighted by atomic mass is 10.3. The number of thiophene rings is 1. The Kier molecular flexibility index (Phi) is 5.12. The van der Waals surface area contributed by atoms with Crippen molar-refractivity contribution < 1.29 is 14.4 Å². The molecule has 0 aliphatic heterocycles. The van der Waals surface area contributed by atoms with E-state index in [0.717, 1.165) is 22.7 Å². The van der Waals surface area contributed by atoms with Gasteiger partial charge in [-0.25, -0.2) is 4.98 Å². The first-order valence-electron chi connectivity index (χ1n) is 7.11. The molecule has 1 aliphatic carbocycles. The van der Waals surface area contributed by atoms with E-state index in [-0.39, 0.29) is 12.5 Å². The molecule has 24 heavy (non-hydrogen) atoms. The summed E-state index contributed by atoms with van der Waals surface area (Å²) in [6.07, 6.45) is 1.76. The van der Waals surface area contributed by atoms with Crippen LogP contribution in [-0.4, -0.2) is 28.7 Å². The highest BCUT2D eigenvalue weighted by Crippen LogP contribution is 2.32. The zero-order valence-electron chi connectivity index (χ0n) is 12.3. The maximum absolute atomic E-state index is 11.8. The van der Waals surface area contributed by atoms with Gasteiger partial charge in [-0.05, 0) is 25.0 Å². The fourth-order valence-electron chi connectivity index (χ4n) is 1.80. The van der Waals surface area contributed by atoms with E-state index in [1.54, 1.807) is 11.4 Å². The largest absolute Gasteiger partial charge is 0.345 e. The zero-order chi connectivity index (χ0) is 17.1. The first-order chi connectivity index (χ1) is 11.5. The molecule has 0 unspecified atom stereocenters. The minimum absolute atomic E-state index is 0.000130. The van der Waals surface area contributed by atoms with Crippen molar-refractivity contribution in [2.75, 3.05) is 0 Å². The second-order valence-corrected chi connectivity index (χ2v) is 7.75. The second kappa shape index (κ2) is 7.29. The summed E-state index contributed by atoms with van der Waals surface area (Å²) in [5.74, 6) is -2.09. The van der Waals surface area contributed by atoms with Crippen LogP contribution in [0.4, 0.5) is 0 Å². The molecule has 0 radical (unpaired) electrons. The predicted molar refractivity (Wildman–Crippen MR) is 91.6 cm³/mol. The zero-order valence-corrected chi connectivity index (χ0v) is 14.7. The molecule has 10 heteroatoms. The number of carbonyl (C=O) groups excluding carboxylic acids is 3. The van der Waals surface area contributed by atoms with E-state index in [1.807, 2.05) is 6.07 Å². The third kappa shape index (κ3) is 4.53. The standard InChI is InChI=1S/C14H13ClN4O3S2/c15-10-4-3-9(24-10)14-17-8(6-23-14)5-11(20)18-19-13(22)12(21)16-7-1-2-7/h3-4,6-7H,1-2,5H2,(H,16,21)(H,18,20)(H,19,22). The van der Waals surface area contributed by atoms with Gasteiger partial charge in [0.15, 0.2) is 0 Å². The molecule has 2 aromatic rings. The Labute approximate surface area is 150 Å². The van der Waals surface area contributed by atoms with E-state index >= 15 is 0 Å². The van der Waals surface area contributed by atoms with Gasteiger partial charge in [0.2, 0.25) is 5.91 Å². The number of hydrogen-bond donors (Lipinski definition) is 3. The van der Waals surface area contributed by atoms with Gasteiger partial charge >= 0.3 is 11.8 Å². The first-order valence-corrected chi connectivity index (χ1v) is 9.18. The van der Waals surface area contributed by atoms with E-state index in [0.29, 0.717) is 10.0 Å². The number of thiazole rings is 1. The minimum atomic E-state index is -0.887. The van der Waals surface area contributed by atoms with Crippen molar-refractivity contribution in [2.45, 2.75) is 25.3 Å². The van der Waals surface area contributed by atoms with Crippen LogP contribution >= 0.6 is 34.3 Å². The summed E-state index contributed by atoms with van der Waals surface area (Å²) in [6, 6.07) is 3.74. The summed E-state index contributed by atoms with van der Waals surface area (Å²) in [4.78, 5) is 40.0. The van der Waals surface area contributed by atoms with Crippen molar-refractivity contribution in [3.8, 4) is 9.88 Å². The fourth-order valence-corrected chi connectivity index (χ4v) is 3.74. The molecule has 7 nitrogen and oxygen atoms in total. The van der Waals surface area contributed by atoms with E-state index < -0.39 is 17.7 Å². The molecule has 2 aromatic heterocycles. The van der Waals surface area contributed by atoms with Gasteiger partial charge in [-0.1, -0.05) is 11.6 Å². The number of nitrogens with zero attached hydrogens (tertiary/aromatic N) is 1. The number of aromatic nitrogens is 1. The Morgan fingerprint density at radius 3 is 2.67 bits per heavy atom. The van der Waals surface area contributed by atoms with Gasteiger partial charge in [-0.15, -0.1) is 22.7 Å². The van der Waals surface area contributed by atoms with Crippen LogP contribution in [0.2, 0.25) is 4.34 Å². The number of nitrogens with one attached hydrogen (secondary N) is 3. The van der Waals surface area contributed by atoms with Crippen LogP contribution in [0.1, 0.15) is 18.5 Å². The van der Waals surface area contributed by atoms with Crippen molar-refractivity contribution in [3.05, 3.63) is 27.5 Å². The van der Waals surface area contributed by atoms with Gasteiger partial charge < -0.3 is 5.32 Å². The van der Waals surface area contributed by atoms with Crippen molar-refractivity contribution in [3.63, 3.8) is 0 Å². The van der Waals surface area contributed by atoms with Crippen LogP contribution in [0.5, 0.6) is 0 Å². The molecule has 0 saturated heterocycles. The van der Waals surface area contributed by atoms with E-state index in [2.05, 4.69) is 21.2 Å². The molecule has 0 aromatic carbocycles. The van der Waals surface area contributed by atoms with Gasteiger partial charge in [0.25, 0.3) is 0 Å². The molecule has 0 spiro atoms. The van der Waals surface area contributed by atoms with E-state index in [4.69, 9.17) is 11.6 Å². The summed E-state index contributed by atoms with van der Waals surface area (Å²) in [5, 5.41) is 5.08. The number of hydrogen-bond acceptors (Lipinski definition) is 6. The lowest BCUT2D eigenvalue weighted by Crippen LogP contribution is -2.49. The molecule has 126 valence electrons. The Morgan fingerprint density at radius 1 is 1.21 bits per heavy atom. The summed E-state index contributed by atoms with van der Waals surface area (Å²) >= 11 is 8.71. The van der Waals surface area contributed by atoms with Crippen molar-refractivity contribution >= 4 is 52.0 Å². The normalized spacial score (nSPS) is 13.4. The van der Waals surface area contributed by atoms with Crippen LogP contribution in [0.25, 0.3) is 9.88 Å². The lowest BCUT2D eigenvalue weighted by molar-refractivity contribution is -0.140. The molecule has 2 heterocycles. The maximum atomic E-state index is 11.8. The summed E-state index contributed by atoms with van der Waals surface area (Å²) < 4.78 is 0.673. The van der Waals surface area contributed by atoms with Gasteiger partial charge in [0, 0.05) is 11.4 Å². The van der Waals surface area contributed by atoms with Gasteiger partial charge in [-0.2, -0.15) is 0 Å². The van der Waals surface area contributed by atoms with Crippen molar-refractivity contribution in [2.24, 2.45) is 0 Å². The van der Waals surface area contributed by atoms with Crippen LogP contribution in [-0.2, 0) is 20.8 Å². The first kappa shape index (κ1) is 16.9. The Bertz CT molecular complexity index is 785. The third-order valence-electron chi connectivity index (χ3n) is 3.11. The minimum Gasteiger partial charge on any atom is -0.345 e. The highest BCUT2D eigenvalue weighted by atomic mass is 35.5. The monoisotopic (exact) mass is 384 g/mol. The van der Waals surface area contributed by atoms with Crippen LogP contribution < -0.4 is 16.2 Å². The lowest BCUT2D eigenvalue weighted by Gasteiger charge is -2.06. The number of halogens is 1. The van der Waals surface area contributed by atoms with E-state index in [1.165, 1.54) is 22.7 Å².